The quantitative estimate of drug-likeness (QED) is 0.694. The molecular formula is C16H14Cl3NOS. The molecule has 116 valence electrons. The summed E-state index contributed by atoms with van der Waals surface area (Å²) in [6, 6.07) is 12.6. The van der Waals surface area contributed by atoms with Crippen molar-refractivity contribution in [2.24, 2.45) is 0 Å². The number of nitrogens with one attached hydrogen (secondary N) is 1. The van der Waals surface area contributed by atoms with Gasteiger partial charge in [0, 0.05) is 28.6 Å². The SMILES string of the molecule is O=C(NCCSCc1ccccc1Cl)c1ccc(Cl)c(Cl)c1. The van der Waals surface area contributed by atoms with Gasteiger partial charge >= 0.3 is 0 Å². The number of rotatable bonds is 6. The Labute approximate surface area is 149 Å². The van der Waals surface area contributed by atoms with Gasteiger partial charge in [0.2, 0.25) is 0 Å². The van der Waals surface area contributed by atoms with Gasteiger partial charge < -0.3 is 5.32 Å². The van der Waals surface area contributed by atoms with Crippen molar-refractivity contribution in [2.75, 3.05) is 12.3 Å². The maximum atomic E-state index is 12.0. The number of carbonyl (C=O) groups is 1. The van der Waals surface area contributed by atoms with Gasteiger partial charge in [-0.25, -0.2) is 0 Å². The van der Waals surface area contributed by atoms with Crippen molar-refractivity contribution >= 4 is 52.5 Å². The molecule has 0 atom stereocenters. The first-order valence-corrected chi connectivity index (χ1v) is 8.91. The van der Waals surface area contributed by atoms with Crippen LogP contribution in [0.4, 0.5) is 0 Å². The summed E-state index contributed by atoms with van der Waals surface area (Å²) in [5, 5.41) is 4.44. The van der Waals surface area contributed by atoms with Gasteiger partial charge in [-0.05, 0) is 29.8 Å². The smallest absolute Gasteiger partial charge is 0.251 e. The van der Waals surface area contributed by atoms with E-state index < -0.39 is 0 Å². The van der Waals surface area contributed by atoms with Gasteiger partial charge in [-0.15, -0.1) is 0 Å². The van der Waals surface area contributed by atoms with E-state index in [-0.39, 0.29) is 5.91 Å². The predicted molar refractivity (Wildman–Crippen MR) is 96.4 cm³/mol. The van der Waals surface area contributed by atoms with Gasteiger partial charge in [-0.2, -0.15) is 11.8 Å². The third kappa shape index (κ3) is 5.10. The van der Waals surface area contributed by atoms with Crippen LogP contribution in [0.3, 0.4) is 0 Å². The molecule has 0 aliphatic heterocycles. The number of carbonyl (C=O) groups excluding carboxylic acids is 1. The Morgan fingerprint density at radius 1 is 1.00 bits per heavy atom. The molecule has 6 heteroatoms. The second-order valence-electron chi connectivity index (χ2n) is 4.53. The zero-order chi connectivity index (χ0) is 15.9. The lowest BCUT2D eigenvalue weighted by molar-refractivity contribution is 0.0956. The van der Waals surface area contributed by atoms with E-state index in [0.29, 0.717) is 22.2 Å². The normalized spacial score (nSPS) is 10.5. The highest BCUT2D eigenvalue weighted by Crippen LogP contribution is 2.23. The average molecular weight is 375 g/mol. The zero-order valence-electron chi connectivity index (χ0n) is 11.6. The number of hydrogen-bond donors (Lipinski definition) is 1. The molecule has 0 aliphatic carbocycles. The van der Waals surface area contributed by atoms with Crippen molar-refractivity contribution < 1.29 is 4.79 Å². The van der Waals surface area contributed by atoms with Crippen LogP contribution in [0.15, 0.2) is 42.5 Å². The van der Waals surface area contributed by atoms with E-state index in [1.807, 2.05) is 24.3 Å². The Morgan fingerprint density at radius 2 is 1.77 bits per heavy atom. The molecule has 22 heavy (non-hydrogen) atoms. The number of amides is 1. The number of thioether (sulfide) groups is 1. The number of halogens is 3. The summed E-state index contributed by atoms with van der Waals surface area (Å²) in [6.45, 7) is 0.578. The van der Waals surface area contributed by atoms with Crippen molar-refractivity contribution in [2.45, 2.75) is 5.75 Å². The fourth-order valence-corrected chi connectivity index (χ4v) is 3.22. The summed E-state index contributed by atoms with van der Waals surface area (Å²) < 4.78 is 0. The molecule has 0 spiro atoms. The number of hydrogen-bond acceptors (Lipinski definition) is 2. The highest BCUT2D eigenvalue weighted by atomic mass is 35.5. The lowest BCUT2D eigenvalue weighted by atomic mass is 10.2. The third-order valence-electron chi connectivity index (χ3n) is 2.93. The first-order chi connectivity index (χ1) is 10.6. The molecule has 0 unspecified atom stereocenters. The average Bonchev–Trinajstić information content (AvgIpc) is 2.51. The second kappa shape index (κ2) is 8.68. The molecule has 0 heterocycles. The van der Waals surface area contributed by atoms with Crippen molar-refractivity contribution in [1.82, 2.24) is 5.32 Å². The Bertz CT molecular complexity index is 664. The Kier molecular flexibility index (Phi) is 6.90. The molecule has 0 bridgehead atoms. The van der Waals surface area contributed by atoms with Crippen molar-refractivity contribution in [1.29, 1.82) is 0 Å². The minimum atomic E-state index is -0.156. The van der Waals surface area contributed by atoms with Crippen LogP contribution in [0.2, 0.25) is 15.1 Å². The van der Waals surface area contributed by atoms with Crippen molar-refractivity contribution in [3.05, 3.63) is 68.7 Å². The van der Waals surface area contributed by atoms with E-state index in [1.165, 1.54) is 0 Å². The molecule has 1 amide bonds. The topological polar surface area (TPSA) is 29.1 Å². The zero-order valence-corrected chi connectivity index (χ0v) is 14.7. The molecule has 0 fully saturated rings. The van der Waals surface area contributed by atoms with Crippen LogP contribution in [0.1, 0.15) is 15.9 Å². The summed E-state index contributed by atoms with van der Waals surface area (Å²) in [5.74, 6) is 1.47. The van der Waals surface area contributed by atoms with Crippen LogP contribution >= 0.6 is 46.6 Å². The largest absolute Gasteiger partial charge is 0.351 e. The van der Waals surface area contributed by atoms with Crippen LogP contribution in [0.5, 0.6) is 0 Å². The van der Waals surface area contributed by atoms with Crippen LogP contribution in [-0.4, -0.2) is 18.2 Å². The first kappa shape index (κ1) is 17.5. The fraction of sp³-hybridized carbons (Fsp3) is 0.188. The monoisotopic (exact) mass is 373 g/mol. The summed E-state index contributed by atoms with van der Waals surface area (Å²) >= 11 is 19.5. The Morgan fingerprint density at radius 3 is 2.50 bits per heavy atom. The summed E-state index contributed by atoms with van der Waals surface area (Å²) in [6.07, 6.45) is 0. The minimum Gasteiger partial charge on any atom is -0.351 e. The van der Waals surface area contributed by atoms with Gasteiger partial charge in [0.25, 0.3) is 5.91 Å². The maximum Gasteiger partial charge on any atom is 0.251 e. The molecule has 2 aromatic carbocycles. The molecule has 0 aromatic heterocycles. The molecular weight excluding hydrogens is 361 g/mol. The first-order valence-electron chi connectivity index (χ1n) is 6.62. The highest BCUT2D eigenvalue weighted by molar-refractivity contribution is 7.98. The lowest BCUT2D eigenvalue weighted by Crippen LogP contribution is -2.25. The minimum absolute atomic E-state index is 0.156. The molecule has 1 N–H and O–H groups in total. The molecule has 2 aromatic rings. The molecule has 0 aliphatic rings. The fourth-order valence-electron chi connectivity index (χ4n) is 1.77. The predicted octanol–water partition coefficient (Wildman–Crippen LogP) is 5.31. The number of benzene rings is 2. The Hall–Kier alpha value is -0.870. The molecule has 0 saturated heterocycles. The van der Waals surface area contributed by atoms with Crippen LogP contribution in [-0.2, 0) is 5.75 Å². The third-order valence-corrected chi connectivity index (χ3v) is 5.04. The Balaban J connectivity index is 1.73. The van der Waals surface area contributed by atoms with E-state index in [4.69, 9.17) is 34.8 Å². The summed E-state index contributed by atoms with van der Waals surface area (Å²) in [4.78, 5) is 12.0. The van der Waals surface area contributed by atoms with Crippen LogP contribution in [0, 0.1) is 0 Å². The van der Waals surface area contributed by atoms with Crippen LogP contribution < -0.4 is 5.32 Å². The standard InChI is InChI=1S/C16H14Cl3NOS/c17-13-4-2-1-3-12(13)10-22-8-7-20-16(21)11-5-6-14(18)15(19)9-11/h1-6,9H,7-8,10H2,(H,20,21). The van der Waals surface area contributed by atoms with Gasteiger partial charge in [0.1, 0.15) is 0 Å². The van der Waals surface area contributed by atoms with Gasteiger partial charge in [0.15, 0.2) is 0 Å². The van der Waals surface area contributed by atoms with Crippen LogP contribution in [0.25, 0.3) is 0 Å². The van der Waals surface area contributed by atoms with E-state index in [2.05, 4.69) is 5.32 Å². The van der Waals surface area contributed by atoms with Gasteiger partial charge in [0.05, 0.1) is 10.0 Å². The van der Waals surface area contributed by atoms with Gasteiger partial charge in [-0.1, -0.05) is 53.0 Å². The highest BCUT2D eigenvalue weighted by Gasteiger charge is 2.07. The molecule has 0 saturated carbocycles. The van der Waals surface area contributed by atoms with Crippen molar-refractivity contribution in [3.63, 3.8) is 0 Å². The van der Waals surface area contributed by atoms with E-state index in [9.17, 15) is 4.79 Å². The van der Waals surface area contributed by atoms with Crippen molar-refractivity contribution in [3.8, 4) is 0 Å². The second-order valence-corrected chi connectivity index (χ2v) is 6.86. The molecule has 2 nitrogen and oxygen atoms in total. The molecule has 0 radical (unpaired) electrons. The van der Waals surface area contributed by atoms with E-state index in [0.717, 1.165) is 22.1 Å². The maximum absolute atomic E-state index is 12.0. The lowest BCUT2D eigenvalue weighted by Gasteiger charge is -2.07. The molecule has 2 rings (SSSR count). The summed E-state index contributed by atoms with van der Waals surface area (Å²) in [7, 11) is 0. The summed E-state index contributed by atoms with van der Waals surface area (Å²) in [5.41, 5.74) is 1.61. The van der Waals surface area contributed by atoms with Gasteiger partial charge in [-0.3, -0.25) is 4.79 Å². The van der Waals surface area contributed by atoms with E-state index >= 15 is 0 Å². The van der Waals surface area contributed by atoms with E-state index in [1.54, 1.807) is 30.0 Å².